The first-order valence-electron chi connectivity index (χ1n) is 11.2. The summed E-state index contributed by atoms with van der Waals surface area (Å²) in [6.07, 6.45) is 9.17. The Morgan fingerprint density at radius 3 is 2.53 bits per heavy atom. The lowest BCUT2D eigenvalue weighted by Crippen LogP contribution is -2.43. The Bertz CT molecular complexity index is 528. The molecule has 7 heteroatoms. The summed E-state index contributed by atoms with van der Waals surface area (Å²) < 4.78 is 28.0. The molecule has 1 fully saturated rings. The van der Waals surface area contributed by atoms with Crippen LogP contribution in [0.2, 0.25) is 18.1 Å². The largest absolute Gasteiger partial charge is 0.469 e. The molecule has 4 atom stereocenters. The summed E-state index contributed by atoms with van der Waals surface area (Å²) in [6.45, 7) is 13.8. The van der Waals surface area contributed by atoms with Crippen molar-refractivity contribution < 1.29 is 28.2 Å². The standard InChI is InChI=1S/C23H44O6Si/c1-18(29-30(7,8)23(2,3)4)12-10-9-11-13-19-14-15-20(27-17-25-5)21(28-19)16-22(24)26-6/h11,13,18-21H,9-10,12,14-17H2,1-8H3/b13-11+/t18-,19+,20+,21+/m0/s1. The smallest absolute Gasteiger partial charge is 0.308 e. The molecule has 0 bridgehead atoms. The van der Waals surface area contributed by atoms with Gasteiger partial charge in [0.25, 0.3) is 0 Å². The van der Waals surface area contributed by atoms with Crippen molar-refractivity contribution in [1.29, 1.82) is 0 Å². The first-order chi connectivity index (χ1) is 14.0. The van der Waals surface area contributed by atoms with Gasteiger partial charge >= 0.3 is 5.97 Å². The maximum Gasteiger partial charge on any atom is 0.308 e. The van der Waals surface area contributed by atoms with Crippen molar-refractivity contribution in [2.24, 2.45) is 0 Å². The summed E-state index contributed by atoms with van der Waals surface area (Å²) in [5.41, 5.74) is 0. The van der Waals surface area contributed by atoms with E-state index in [0.717, 1.165) is 32.1 Å². The highest BCUT2D eigenvalue weighted by Gasteiger charge is 2.38. The minimum atomic E-state index is -1.70. The Hall–Kier alpha value is -0.733. The molecular formula is C23H44O6Si. The van der Waals surface area contributed by atoms with Gasteiger partial charge in [0.1, 0.15) is 6.79 Å². The lowest BCUT2D eigenvalue weighted by atomic mass is 9.98. The SMILES string of the molecule is COCO[C@@H]1CC[C@@H](/C=C/CCC[C@H](C)O[Si](C)(C)C(C)(C)C)O[C@@H]1CC(=O)OC. The fourth-order valence-corrected chi connectivity index (χ4v) is 4.80. The number of hydrogen-bond donors (Lipinski definition) is 0. The fourth-order valence-electron chi connectivity index (χ4n) is 3.32. The maximum atomic E-state index is 11.7. The van der Waals surface area contributed by atoms with Crippen molar-refractivity contribution in [2.45, 2.75) is 109 Å². The molecule has 0 aliphatic carbocycles. The number of methoxy groups -OCH3 is 2. The van der Waals surface area contributed by atoms with Gasteiger partial charge in [-0.3, -0.25) is 4.79 Å². The van der Waals surface area contributed by atoms with Crippen molar-refractivity contribution in [1.82, 2.24) is 0 Å². The number of unbranched alkanes of at least 4 members (excludes halogenated alkanes) is 1. The van der Waals surface area contributed by atoms with Gasteiger partial charge in [-0.2, -0.15) is 0 Å². The van der Waals surface area contributed by atoms with Crippen LogP contribution in [0.3, 0.4) is 0 Å². The van der Waals surface area contributed by atoms with Gasteiger partial charge in [0.15, 0.2) is 8.32 Å². The third-order valence-corrected chi connectivity index (χ3v) is 10.7. The molecule has 6 nitrogen and oxygen atoms in total. The Morgan fingerprint density at radius 2 is 1.93 bits per heavy atom. The molecule has 0 aromatic rings. The fraction of sp³-hybridized carbons (Fsp3) is 0.870. The molecular weight excluding hydrogens is 400 g/mol. The van der Waals surface area contributed by atoms with Crippen LogP contribution in [0.25, 0.3) is 0 Å². The summed E-state index contributed by atoms with van der Waals surface area (Å²) in [4.78, 5) is 11.7. The van der Waals surface area contributed by atoms with E-state index in [0.29, 0.717) is 0 Å². The lowest BCUT2D eigenvalue weighted by molar-refractivity contribution is -0.174. The number of rotatable bonds is 12. The van der Waals surface area contributed by atoms with E-state index in [9.17, 15) is 4.79 Å². The summed E-state index contributed by atoms with van der Waals surface area (Å²) in [7, 11) is 1.28. The number of carbonyl (C=O) groups is 1. The molecule has 0 aromatic carbocycles. The maximum absolute atomic E-state index is 11.7. The first-order valence-corrected chi connectivity index (χ1v) is 14.1. The Kier molecular flexibility index (Phi) is 11.8. The highest BCUT2D eigenvalue weighted by molar-refractivity contribution is 6.74. The molecule has 0 saturated carbocycles. The van der Waals surface area contributed by atoms with Gasteiger partial charge in [-0.25, -0.2) is 0 Å². The summed E-state index contributed by atoms with van der Waals surface area (Å²) in [5, 5.41) is 0.241. The second kappa shape index (κ2) is 13.0. The van der Waals surface area contributed by atoms with Gasteiger partial charge in [-0.05, 0) is 57.2 Å². The van der Waals surface area contributed by atoms with Crippen molar-refractivity contribution in [2.75, 3.05) is 21.0 Å². The molecule has 0 aromatic heterocycles. The molecule has 0 radical (unpaired) electrons. The topological polar surface area (TPSA) is 63.2 Å². The molecule has 30 heavy (non-hydrogen) atoms. The first kappa shape index (κ1) is 27.3. The third-order valence-electron chi connectivity index (χ3n) is 6.13. The quantitative estimate of drug-likeness (QED) is 0.135. The van der Waals surface area contributed by atoms with E-state index >= 15 is 0 Å². The molecule has 0 unspecified atom stereocenters. The van der Waals surface area contributed by atoms with Gasteiger partial charge < -0.3 is 23.4 Å². The zero-order valence-corrected chi connectivity index (χ0v) is 21.4. The molecule has 0 amide bonds. The number of ether oxygens (including phenoxy) is 4. The Labute approximate surface area is 184 Å². The average Bonchev–Trinajstić information content (AvgIpc) is 2.65. The van der Waals surface area contributed by atoms with Crippen LogP contribution in [0, 0.1) is 0 Å². The van der Waals surface area contributed by atoms with E-state index < -0.39 is 8.32 Å². The van der Waals surface area contributed by atoms with Crippen LogP contribution < -0.4 is 0 Å². The van der Waals surface area contributed by atoms with Crippen molar-refractivity contribution in [3.05, 3.63) is 12.2 Å². The molecule has 1 saturated heterocycles. The average molecular weight is 445 g/mol. The van der Waals surface area contributed by atoms with E-state index in [1.807, 2.05) is 0 Å². The number of carbonyl (C=O) groups excluding carboxylic acids is 1. The molecule has 1 aliphatic rings. The third kappa shape index (κ3) is 9.60. The molecule has 176 valence electrons. The van der Waals surface area contributed by atoms with E-state index in [1.54, 1.807) is 7.11 Å². The van der Waals surface area contributed by atoms with Crippen LogP contribution in [0.5, 0.6) is 0 Å². The second-order valence-electron chi connectivity index (χ2n) is 9.73. The number of hydrogen-bond acceptors (Lipinski definition) is 6. The van der Waals surface area contributed by atoms with E-state index in [-0.39, 0.29) is 48.6 Å². The second-order valence-corrected chi connectivity index (χ2v) is 14.5. The molecule has 0 spiro atoms. The summed E-state index contributed by atoms with van der Waals surface area (Å²) in [6, 6.07) is 0. The predicted octanol–water partition coefficient (Wildman–Crippen LogP) is 5.22. The molecule has 1 heterocycles. The van der Waals surface area contributed by atoms with Crippen molar-refractivity contribution in [3.63, 3.8) is 0 Å². The molecule has 0 N–H and O–H groups in total. The summed E-state index contributed by atoms with van der Waals surface area (Å²) in [5.74, 6) is -0.286. The predicted molar refractivity (Wildman–Crippen MR) is 122 cm³/mol. The van der Waals surface area contributed by atoms with Gasteiger partial charge in [0.05, 0.1) is 31.8 Å². The zero-order valence-electron chi connectivity index (χ0n) is 20.4. The molecule has 1 aliphatic heterocycles. The van der Waals surface area contributed by atoms with Crippen LogP contribution in [0.1, 0.15) is 66.2 Å². The minimum Gasteiger partial charge on any atom is -0.469 e. The van der Waals surface area contributed by atoms with Crippen LogP contribution in [-0.2, 0) is 28.2 Å². The highest BCUT2D eigenvalue weighted by atomic mass is 28.4. The van der Waals surface area contributed by atoms with Gasteiger partial charge in [0, 0.05) is 13.2 Å². The van der Waals surface area contributed by atoms with Gasteiger partial charge in [-0.1, -0.05) is 32.9 Å². The van der Waals surface area contributed by atoms with Crippen LogP contribution in [0.15, 0.2) is 12.2 Å². The minimum absolute atomic E-state index is 0.00274. The van der Waals surface area contributed by atoms with Crippen molar-refractivity contribution >= 4 is 14.3 Å². The van der Waals surface area contributed by atoms with Crippen molar-refractivity contribution in [3.8, 4) is 0 Å². The van der Waals surface area contributed by atoms with E-state index in [4.69, 9.17) is 23.4 Å². The summed E-state index contributed by atoms with van der Waals surface area (Å²) >= 11 is 0. The Morgan fingerprint density at radius 1 is 1.23 bits per heavy atom. The van der Waals surface area contributed by atoms with Crippen LogP contribution >= 0.6 is 0 Å². The number of allylic oxidation sites excluding steroid dienone is 1. The molecule has 1 rings (SSSR count). The Balaban J connectivity index is 2.42. The monoisotopic (exact) mass is 444 g/mol. The van der Waals surface area contributed by atoms with Gasteiger partial charge in [0.2, 0.25) is 0 Å². The zero-order chi connectivity index (χ0) is 22.8. The normalized spacial score (nSPS) is 24.2. The lowest BCUT2D eigenvalue weighted by Gasteiger charge is -2.38. The van der Waals surface area contributed by atoms with Crippen LogP contribution in [0.4, 0.5) is 0 Å². The highest BCUT2D eigenvalue weighted by Crippen LogP contribution is 2.37. The van der Waals surface area contributed by atoms with Gasteiger partial charge in [-0.15, -0.1) is 0 Å². The van der Waals surface area contributed by atoms with E-state index in [2.05, 4.69) is 52.9 Å². The van der Waals surface area contributed by atoms with Crippen LogP contribution in [-0.4, -0.2) is 59.7 Å². The van der Waals surface area contributed by atoms with E-state index in [1.165, 1.54) is 7.11 Å². The number of esters is 1.